The molecule has 0 aromatic carbocycles. The van der Waals surface area contributed by atoms with Crippen LogP contribution >= 0.6 is 11.3 Å². The van der Waals surface area contributed by atoms with Gasteiger partial charge in [-0.1, -0.05) is 19.3 Å². The molecule has 2 aliphatic rings. The van der Waals surface area contributed by atoms with Crippen LogP contribution in [-0.2, 0) is 11.3 Å². The minimum Gasteiger partial charge on any atom is -0.373 e. The first kappa shape index (κ1) is 17.1. The van der Waals surface area contributed by atoms with E-state index in [0.717, 1.165) is 31.1 Å². The van der Waals surface area contributed by atoms with Crippen LogP contribution in [0.1, 0.15) is 67.8 Å². The van der Waals surface area contributed by atoms with Crippen molar-refractivity contribution < 1.29 is 4.74 Å². The molecule has 0 amide bonds. The van der Waals surface area contributed by atoms with Crippen molar-refractivity contribution >= 4 is 11.3 Å². The first-order chi connectivity index (χ1) is 13.4. The fourth-order valence-electron chi connectivity index (χ4n) is 4.31. The normalized spacial score (nSPS) is 21.1. The molecule has 0 spiro atoms. The Morgan fingerprint density at radius 3 is 2.89 bits per heavy atom. The molecular formula is C20H25N5OS. The highest BCUT2D eigenvalue weighted by Crippen LogP contribution is 2.37. The standard InChI is InChI=1S/C20H25N5OS/c1-2-5-15(6-3-1)25-14-22-23-19(25)13-24-11-10-21-20(24)18-9-8-17(27-18)16-7-4-12-26-16/h8-11,14-16H,1-7,12-13H2. The number of nitrogens with zero attached hydrogens (tertiary/aromatic N) is 5. The first-order valence-electron chi connectivity index (χ1n) is 10.00. The lowest BCUT2D eigenvalue weighted by atomic mass is 9.95. The van der Waals surface area contributed by atoms with E-state index in [1.807, 2.05) is 18.7 Å². The van der Waals surface area contributed by atoms with E-state index >= 15 is 0 Å². The van der Waals surface area contributed by atoms with E-state index in [2.05, 4.69) is 36.4 Å². The van der Waals surface area contributed by atoms with E-state index in [0.29, 0.717) is 12.6 Å². The van der Waals surface area contributed by atoms with Gasteiger partial charge in [0.2, 0.25) is 0 Å². The largest absolute Gasteiger partial charge is 0.373 e. The highest BCUT2D eigenvalue weighted by molar-refractivity contribution is 7.15. The van der Waals surface area contributed by atoms with Crippen molar-refractivity contribution in [2.75, 3.05) is 6.61 Å². The van der Waals surface area contributed by atoms with Gasteiger partial charge in [0.15, 0.2) is 5.82 Å². The van der Waals surface area contributed by atoms with E-state index in [9.17, 15) is 0 Å². The van der Waals surface area contributed by atoms with Crippen LogP contribution in [0.25, 0.3) is 10.7 Å². The fourth-order valence-corrected chi connectivity index (χ4v) is 5.41. The molecule has 3 aromatic heterocycles. The van der Waals surface area contributed by atoms with Crippen molar-refractivity contribution in [3.8, 4) is 10.7 Å². The van der Waals surface area contributed by atoms with Crippen LogP contribution in [0.2, 0.25) is 0 Å². The molecule has 1 aliphatic carbocycles. The van der Waals surface area contributed by atoms with Crippen LogP contribution in [0.4, 0.5) is 0 Å². The molecule has 2 fully saturated rings. The summed E-state index contributed by atoms with van der Waals surface area (Å²) in [6.45, 7) is 1.59. The van der Waals surface area contributed by atoms with Gasteiger partial charge in [0, 0.05) is 29.9 Å². The van der Waals surface area contributed by atoms with Crippen molar-refractivity contribution in [1.82, 2.24) is 24.3 Å². The lowest BCUT2D eigenvalue weighted by Crippen LogP contribution is -2.16. The number of hydrogen-bond acceptors (Lipinski definition) is 5. The van der Waals surface area contributed by atoms with Gasteiger partial charge in [-0.3, -0.25) is 0 Å². The van der Waals surface area contributed by atoms with Gasteiger partial charge in [-0.2, -0.15) is 0 Å². The van der Waals surface area contributed by atoms with Gasteiger partial charge >= 0.3 is 0 Å². The van der Waals surface area contributed by atoms with Crippen LogP contribution in [0.5, 0.6) is 0 Å². The van der Waals surface area contributed by atoms with Gasteiger partial charge in [0.05, 0.1) is 17.5 Å². The maximum Gasteiger partial charge on any atom is 0.153 e. The van der Waals surface area contributed by atoms with Crippen LogP contribution < -0.4 is 0 Å². The molecule has 3 aromatic rings. The first-order valence-corrected chi connectivity index (χ1v) is 10.8. The van der Waals surface area contributed by atoms with Crippen molar-refractivity contribution in [2.24, 2.45) is 0 Å². The third-order valence-electron chi connectivity index (χ3n) is 5.74. The van der Waals surface area contributed by atoms with Gasteiger partial charge in [-0.15, -0.1) is 21.5 Å². The minimum absolute atomic E-state index is 0.265. The Morgan fingerprint density at radius 1 is 1.11 bits per heavy atom. The van der Waals surface area contributed by atoms with Crippen LogP contribution in [-0.4, -0.2) is 30.9 Å². The van der Waals surface area contributed by atoms with E-state index in [4.69, 9.17) is 4.74 Å². The molecule has 0 radical (unpaired) electrons. The maximum atomic E-state index is 5.83. The molecule has 6 nitrogen and oxygen atoms in total. The number of imidazole rings is 1. The summed E-state index contributed by atoms with van der Waals surface area (Å²) in [5.41, 5.74) is 0. The van der Waals surface area contributed by atoms with Crippen LogP contribution in [0, 0.1) is 0 Å². The predicted molar refractivity (Wildman–Crippen MR) is 105 cm³/mol. The zero-order valence-corrected chi connectivity index (χ0v) is 16.3. The van der Waals surface area contributed by atoms with Gasteiger partial charge in [0.1, 0.15) is 12.2 Å². The SMILES string of the molecule is c1cn(Cc2nncn2C2CCCCC2)c(-c2ccc(C3CCCO3)s2)n1. The third-order valence-corrected chi connectivity index (χ3v) is 6.91. The van der Waals surface area contributed by atoms with E-state index in [1.165, 1.54) is 41.9 Å². The number of rotatable bonds is 5. The summed E-state index contributed by atoms with van der Waals surface area (Å²) < 4.78 is 10.3. The molecule has 4 heterocycles. The Hall–Kier alpha value is -1.99. The molecule has 1 saturated carbocycles. The van der Waals surface area contributed by atoms with E-state index in [-0.39, 0.29) is 6.10 Å². The average Bonchev–Trinajstić information content (AvgIpc) is 3.48. The third kappa shape index (κ3) is 3.46. The molecule has 7 heteroatoms. The van der Waals surface area contributed by atoms with Gasteiger partial charge in [-0.25, -0.2) is 4.98 Å². The molecular weight excluding hydrogens is 358 g/mol. The predicted octanol–water partition coefficient (Wildman–Crippen LogP) is 4.61. The summed E-state index contributed by atoms with van der Waals surface area (Å²) in [7, 11) is 0. The molecule has 1 saturated heterocycles. The Balaban J connectivity index is 1.37. The second-order valence-corrected chi connectivity index (χ2v) is 8.64. The summed E-state index contributed by atoms with van der Waals surface area (Å²) in [4.78, 5) is 7.12. The molecule has 0 N–H and O–H groups in total. The summed E-state index contributed by atoms with van der Waals surface area (Å²) in [6, 6.07) is 4.91. The quantitative estimate of drug-likeness (QED) is 0.646. The van der Waals surface area contributed by atoms with Crippen LogP contribution in [0.3, 0.4) is 0 Å². The molecule has 0 bridgehead atoms. The highest BCUT2D eigenvalue weighted by Gasteiger charge is 2.22. The summed E-state index contributed by atoms with van der Waals surface area (Å²) in [5, 5.41) is 8.62. The van der Waals surface area contributed by atoms with Crippen LogP contribution in [0.15, 0.2) is 30.9 Å². The lowest BCUT2D eigenvalue weighted by Gasteiger charge is -2.24. The summed E-state index contributed by atoms with van der Waals surface area (Å²) >= 11 is 1.80. The van der Waals surface area contributed by atoms with E-state index < -0.39 is 0 Å². The Bertz CT molecular complexity index is 886. The number of aromatic nitrogens is 5. The second-order valence-electron chi connectivity index (χ2n) is 7.53. The number of ether oxygens (including phenoxy) is 1. The Labute approximate surface area is 163 Å². The molecule has 142 valence electrons. The van der Waals surface area contributed by atoms with E-state index in [1.54, 1.807) is 11.3 Å². The molecule has 1 unspecified atom stereocenters. The van der Waals surface area contributed by atoms with Gasteiger partial charge in [-0.05, 0) is 37.8 Å². The molecule has 27 heavy (non-hydrogen) atoms. The molecule has 1 atom stereocenters. The van der Waals surface area contributed by atoms with Crippen molar-refractivity contribution in [3.05, 3.63) is 41.6 Å². The topological polar surface area (TPSA) is 57.8 Å². The molecule has 5 rings (SSSR count). The zero-order valence-electron chi connectivity index (χ0n) is 15.5. The molecule has 1 aliphatic heterocycles. The van der Waals surface area contributed by atoms with Crippen molar-refractivity contribution in [3.63, 3.8) is 0 Å². The zero-order chi connectivity index (χ0) is 18.1. The average molecular weight is 384 g/mol. The lowest BCUT2D eigenvalue weighted by molar-refractivity contribution is 0.114. The Morgan fingerprint density at radius 2 is 2.04 bits per heavy atom. The highest BCUT2D eigenvalue weighted by atomic mass is 32.1. The van der Waals surface area contributed by atoms with Gasteiger partial charge < -0.3 is 13.9 Å². The van der Waals surface area contributed by atoms with Gasteiger partial charge in [0.25, 0.3) is 0 Å². The summed E-state index contributed by atoms with van der Waals surface area (Å²) in [5.74, 6) is 2.03. The number of thiophene rings is 1. The fraction of sp³-hybridized carbons (Fsp3) is 0.550. The monoisotopic (exact) mass is 383 g/mol. The number of hydrogen-bond donors (Lipinski definition) is 0. The van der Waals surface area contributed by atoms with Crippen molar-refractivity contribution in [1.29, 1.82) is 0 Å². The Kier molecular flexibility index (Phi) is 4.80. The second kappa shape index (κ2) is 7.56. The minimum atomic E-state index is 0.265. The smallest absolute Gasteiger partial charge is 0.153 e. The maximum absolute atomic E-state index is 5.83. The van der Waals surface area contributed by atoms with Crippen molar-refractivity contribution in [2.45, 2.75) is 63.6 Å². The summed E-state index contributed by atoms with van der Waals surface area (Å²) in [6.07, 6.45) is 14.8.